The van der Waals surface area contributed by atoms with E-state index in [1.54, 1.807) is 13.8 Å². The van der Waals surface area contributed by atoms with E-state index >= 15 is 0 Å². The summed E-state index contributed by atoms with van der Waals surface area (Å²) in [4.78, 5) is 57.7. The summed E-state index contributed by atoms with van der Waals surface area (Å²) in [5, 5.41) is 15.6. The molecule has 0 aromatic heterocycles. The number of carboxylic acids is 1. The molecule has 0 aromatic carbocycles. The number of nitrogens with two attached hydrogens (primary N) is 2. The molecule has 0 saturated carbocycles. The number of rotatable bonds is 12. The molecule has 4 amide bonds. The Morgan fingerprint density at radius 3 is 2.07 bits per heavy atom. The van der Waals surface area contributed by atoms with E-state index in [-0.39, 0.29) is 24.5 Å². The number of hydrogen-bond donors (Lipinski definition) is 7. The van der Waals surface area contributed by atoms with Gasteiger partial charge in [-0.05, 0) is 12.3 Å². The van der Waals surface area contributed by atoms with Crippen molar-refractivity contribution in [3.8, 4) is 0 Å². The van der Waals surface area contributed by atoms with Gasteiger partial charge in [0, 0.05) is 12.2 Å². The molecule has 154 valence electrons. The first-order chi connectivity index (χ1) is 12.5. The maximum absolute atomic E-state index is 12.4. The zero-order valence-corrected chi connectivity index (χ0v) is 16.1. The molecular formula is C15H27N5O6S. The van der Waals surface area contributed by atoms with Gasteiger partial charge < -0.3 is 32.5 Å². The van der Waals surface area contributed by atoms with E-state index in [0.717, 1.165) is 0 Å². The lowest BCUT2D eigenvalue weighted by Gasteiger charge is -2.25. The first-order valence-electron chi connectivity index (χ1n) is 8.24. The molecule has 0 rings (SSSR count). The third kappa shape index (κ3) is 9.80. The molecule has 27 heavy (non-hydrogen) atoms. The zero-order chi connectivity index (χ0) is 21.1. The van der Waals surface area contributed by atoms with E-state index in [4.69, 9.17) is 16.6 Å². The number of carboxylic acid groups (broad SMARTS) is 1. The molecule has 0 aromatic rings. The van der Waals surface area contributed by atoms with Crippen molar-refractivity contribution in [3.63, 3.8) is 0 Å². The highest BCUT2D eigenvalue weighted by Crippen LogP contribution is 2.05. The van der Waals surface area contributed by atoms with Gasteiger partial charge in [0.05, 0.1) is 6.04 Å². The number of carbonyl (C=O) groups excluding carboxylic acids is 4. The fraction of sp³-hybridized carbons (Fsp3) is 0.667. The lowest BCUT2D eigenvalue weighted by Crippen LogP contribution is -2.58. The average Bonchev–Trinajstić information content (AvgIpc) is 2.58. The van der Waals surface area contributed by atoms with Crippen molar-refractivity contribution in [1.82, 2.24) is 16.0 Å². The fourth-order valence-electron chi connectivity index (χ4n) is 1.97. The van der Waals surface area contributed by atoms with Crippen LogP contribution in [0.5, 0.6) is 0 Å². The lowest BCUT2D eigenvalue weighted by molar-refractivity contribution is -0.138. The van der Waals surface area contributed by atoms with E-state index in [1.165, 1.54) is 0 Å². The summed E-state index contributed by atoms with van der Waals surface area (Å²) in [5.41, 5.74) is 10.7. The molecule has 0 spiro atoms. The molecule has 11 nitrogen and oxygen atoms in total. The van der Waals surface area contributed by atoms with Gasteiger partial charge in [0.2, 0.25) is 23.6 Å². The molecule has 0 aliphatic rings. The smallest absolute Gasteiger partial charge is 0.322 e. The van der Waals surface area contributed by atoms with Gasteiger partial charge in [0.15, 0.2) is 0 Å². The molecule has 0 radical (unpaired) electrons. The Morgan fingerprint density at radius 2 is 1.63 bits per heavy atom. The van der Waals surface area contributed by atoms with Gasteiger partial charge in [0.1, 0.15) is 18.6 Å². The van der Waals surface area contributed by atoms with Crippen LogP contribution in [-0.2, 0) is 24.0 Å². The molecular weight excluding hydrogens is 378 g/mol. The Bertz CT molecular complexity index is 571. The van der Waals surface area contributed by atoms with E-state index in [9.17, 15) is 24.0 Å². The minimum absolute atomic E-state index is 0.0322. The molecule has 0 aliphatic heterocycles. The zero-order valence-electron chi connectivity index (χ0n) is 15.2. The largest absolute Gasteiger partial charge is 0.480 e. The van der Waals surface area contributed by atoms with Crippen LogP contribution in [0.1, 0.15) is 26.7 Å². The first kappa shape index (κ1) is 24.7. The molecule has 0 heterocycles. The van der Waals surface area contributed by atoms with Gasteiger partial charge in [-0.2, -0.15) is 12.6 Å². The summed E-state index contributed by atoms with van der Waals surface area (Å²) in [6.07, 6.45) is -0.0386. The van der Waals surface area contributed by atoms with Crippen molar-refractivity contribution < 1.29 is 29.1 Å². The highest BCUT2D eigenvalue weighted by Gasteiger charge is 2.29. The van der Waals surface area contributed by atoms with E-state index in [1.807, 2.05) is 0 Å². The fourth-order valence-corrected chi connectivity index (χ4v) is 2.22. The second kappa shape index (κ2) is 12.1. The van der Waals surface area contributed by atoms with Crippen LogP contribution in [-0.4, -0.2) is 65.1 Å². The Morgan fingerprint density at radius 1 is 1.04 bits per heavy atom. The second-order valence-corrected chi connectivity index (χ2v) is 6.56. The summed E-state index contributed by atoms with van der Waals surface area (Å²) in [6, 6.07) is -3.10. The Kier molecular flexibility index (Phi) is 11.1. The number of thiol groups is 1. The van der Waals surface area contributed by atoms with Gasteiger partial charge in [-0.15, -0.1) is 0 Å². The summed E-state index contributed by atoms with van der Waals surface area (Å²) >= 11 is 3.97. The molecule has 8 N–H and O–H groups in total. The molecule has 12 heteroatoms. The third-order valence-electron chi connectivity index (χ3n) is 3.51. The van der Waals surface area contributed by atoms with E-state index < -0.39 is 54.3 Å². The molecule has 0 aliphatic carbocycles. The summed E-state index contributed by atoms with van der Waals surface area (Å²) < 4.78 is 0. The van der Waals surface area contributed by atoms with Crippen LogP contribution in [0.25, 0.3) is 0 Å². The van der Waals surface area contributed by atoms with Crippen LogP contribution >= 0.6 is 12.6 Å². The predicted molar refractivity (Wildman–Crippen MR) is 99.6 cm³/mol. The maximum atomic E-state index is 12.4. The number of hydrogen-bond acceptors (Lipinski definition) is 7. The molecule has 0 fully saturated rings. The minimum Gasteiger partial charge on any atom is -0.480 e. The van der Waals surface area contributed by atoms with Gasteiger partial charge in [-0.3, -0.25) is 24.0 Å². The van der Waals surface area contributed by atoms with Crippen molar-refractivity contribution in [2.45, 2.75) is 44.8 Å². The Balaban J connectivity index is 4.90. The first-order valence-corrected chi connectivity index (χ1v) is 8.87. The predicted octanol–water partition coefficient (Wildman–Crippen LogP) is -2.66. The quantitative estimate of drug-likeness (QED) is 0.172. The van der Waals surface area contributed by atoms with Crippen molar-refractivity contribution in [2.24, 2.45) is 17.4 Å². The van der Waals surface area contributed by atoms with Gasteiger partial charge in [-0.1, -0.05) is 13.8 Å². The number of carbonyl (C=O) groups is 5. The monoisotopic (exact) mass is 405 g/mol. The van der Waals surface area contributed by atoms with Crippen LogP contribution < -0.4 is 27.4 Å². The topological polar surface area (TPSA) is 194 Å². The highest BCUT2D eigenvalue weighted by atomic mass is 32.1. The molecule has 0 saturated heterocycles. The lowest BCUT2D eigenvalue weighted by atomic mass is 10.0. The van der Waals surface area contributed by atoms with E-state index in [2.05, 4.69) is 28.6 Å². The van der Waals surface area contributed by atoms with Crippen LogP contribution in [0.2, 0.25) is 0 Å². The van der Waals surface area contributed by atoms with Gasteiger partial charge in [-0.25, -0.2) is 0 Å². The maximum Gasteiger partial charge on any atom is 0.322 e. The third-order valence-corrected chi connectivity index (χ3v) is 3.88. The van der Waals surface area contributed by atoms with Crippen molar-refractivity contribution in [1.29, 1.82) is 0 Å². The highest BCUT2D eigenvalue weighted by molar-refractivity contribution is 7.80. The van der Waals surface area contributed by atoms with Gasteiger partial charge in [0.25, 0.3) is 0 Å². The Labute approximate surface area is 162 Å². The number of amides is 4. The van der Waals surface area contributed by atoms with Crippen LogP contribution in [0.4, 0.5) is 0 Å². The van der Waals surface area contributed by atoms with Gasteiger partial charge >= 0.3 is 5.97 Å². The summed E-state index contributed by atoms with van der Waals surface area (Å²) in [5.74, 6) is -4.24. The van der Waals surface area contributed by atoms with Crippen LogP contribution in [0, 0.1) is 5.92 Å². The summed E-state index contributed by atoms with van der Waals surface area (Å²) in [6.45, 7) is 2.76. The number of nitrogens with one attached hydrogen (secondary N) is 3. The molecule has 3 atom stereocenters. The molecule has 3 unspecified atom stereocenters. The van der Waals surface area contributed by atoms with Crippen LogP contribution in [0.15, 0.2) is 0 Å². The number of aliphatic carboxylic acids is 1. The minimum atomic E-state index is -1.23. The average molecular weight is 405 g/mol. The van der Waals surface area contributed by atoms with Crippen molar-refractivity contribution >= 4 is 42.2 Å². The van der Waals surface area contributed by atoms with E-state index in [0.29, 0.717) is 0 Å². The van der Waals surface area contributed by atoms with Crippen molar-refractivity contribution in [3.05, 3.63) is 0 Å². The molecule has 0 bridgehead atoms. The second-order valence-electron chi connectivity index (χ2n) is 6.20. The summed E-state index contributed by atoms with van der Waals surface area (Å²) in [7, 11) is 0. The SMILES string of the molecule is CC(C)C(NC(=O)C(N)CCC(N)=O)C(=O)NC(CS)C(=O)NCC(=O)O. The Hall–Kier alpha value is -2.34. The normalized spacial score (nSPS) is 14.0. The van der Waals surface area contributed by atoms with Crippen molar-refractivity contribution in [2.75, 3.05) is 12.3 Å². The number of primary amides is 1. The van der Waals surface area contributed by atoms with Crippen LogP contribution in [0.3, 0.4) is 0 Å². The standard InChI is InChI=1S/C15H27N5O6S/c1-7(2)12(20-13(24)8(16)3-4-10(17)21)15(26)19-9(6-27)14(25)18-5-11(22)23/h7-9,12,27H,3-6,16H2,1-2H3,(H2,17,21)(H,18,25)(H,19,26)(H,20,24)(H,22,23).